The molecule has 1 saturated heterocycles. The van der Waals surface area contributed by atoms with Crippen molar-refractivity contribution in [2.24, 2.45) is 0 Å². The lowest BCUT2D eigenvalue weighted by Crippen LogP contribution is -2.40. The van der Waals surface area contributed by atoms with Gasteiger partial charge in [-0.05, 0) is 50.2 Å². The lowest BCUT2D eigenvalue weighted by atomic mass is 10.1. The van der Waals surface area contributed by atoms with Gasteiger partial charge >= 0.3 is 0 Å². The van der Waals surface area contributed by atoms with Gasteiger partial charge in [-0.25, -0.2) is 0 Å². The molecule has 0 saturated carbocycles. The van der Waals surface area contributed by atoms with Gasteiger partial charge in [-0.3, -0.25) is 9.69 Å². The fourth-order valence-corrected chi connectivity index (χ4v) is 3.79. The third kappa shape index (κ3) is 3.72. The van der Waals surface area contributed by atoms with Crippen LogP contribution in [0.1, 0.15) is 40.7 Å². The van der Waals surface area contributed by atoms with Crippen LogP contribution in [0.15, 0.2) is 34.9 Å². The second-order valence-electron chi connectivity index (χ2n) is 5.44. The van der Waals surface area contributed by atoms with Gasteiger partial charge in [-0.15, -0.1) is 11.3 Å². The fourth-order valence-electron chi connectivity index (χ4n) is 2.83. The van der Waals surface area contributed by atoms with Gasteiger partial charge in [-0.2, -0.15) is 0 Å². The first kappa shape index (κ1) is 15.6. The minimum Gasteiger partial charge on any atom is -0.468 e. The molecular weight excluding hydrogens is 320 g/mol. The number of nitrogens with one attached hydrogen (secondary N) is 1. The predicted octanol–water partition coefficient (Wildman–Crippen LogP) is 3.95. The van der Waals surface area contributed by atoms with Crippen molar-refractivity contribution in [2.45, 2.75) is 25.3 Å². The molecule has 6 heteroatoms. The highest BCUT2D eigenvalue weighted by atomic mass is 35.5. The fraction of sp³-hybridized carbons (Fsp3) is 0.438. The summed E-state index contributed by atoms with van der Waals surface area (Å²) in [6.45, 7) is 2.64. The number of furan rings is 1. The van der Waals surface area contributed by atoms with E-state index < -0.39 is 0 Å². The molecule has 2 aromatic rings. The van der Waals surface area contributed by atoms with E-state index in [1.807, 2.05) is 12.1 Å². The van der Waals surface area contributed by atoms with E-state index in [0.29, 0.717) is 15.8 Å². The van der Waals surface area contributed by atoms with E-state index in [-0.39, 0.29) is 11.9 Å². The Labute approximate surface area is 139 Å². The topological polar surface area (TPSA) is 45.5 Å². The van der Waals surface area contributed by atoms with Crippen molar-refractivity contribution in [1.82, 2.24) is 10.2 Å². The van der Waals surface area contributed by atoms with Crippen molar-refractivity contribution in [1.29, 1.82) is 0 Å². The first-order valence-corrected chi connectivity index (χ1v) is 8.74. The Morgan fingerprint density at radius 2 is 2.14 bits per heavy atom. The highest BCUT2D eigenvalue weighted by Crippen LogP contribution is 2.25. The average molecular weight is 339 g/mol. The number of thiophene rings is 1. The van der Waals surface area contributed by atoms with Crippen molar-refractivity contribution in [3.63, 3.8) is 0 Å². The minimum atomic E-state index is -0.0783. The Morgan fingerprint density at radius 3 is 2.77 bits per heavy atom. The highest BCUT2D eigenvalue weighted by molar-refractivity contribution is 7.17. The number of likely N-dealkylation sites (tertiary alicyclic amines) is 1. The molecule has 0 aliphatic carbocycles. The number of carbonyl (C=O) groups is 1. The molecule has 0 aromatic carbocycles. The van der Waals surface area contributed by atoms with Crippen molar-refractivity contribution in [3.8, 4) is 0 Å². The highest BCUT2D eigenvalue weighted by Gasteiger charge is 2.25. The van der Waals surface area contributed by atoms with Crippen LogP contribution in [0.5, 0.6) is 0 Å². The molecule has 1 aliphatic heterocycles. The van der Waals surface area contributed by atoms with Crippen molar-refractivity contribution in [2.75, 3.05) is 19.6 Å². The summed E-state index contributed by atoms with van der Waals surface area (Å²) in [6, 6.07) is 7.47. The molecule has 0 spiro atoms. The van der Waals surface area contributed by atoms with Gasteiger partial charge in [0.1, 0.15) is 5.76 Å². The SMILES string of the molecule is O=C(NC[C@H](c1ccco1)N1CCCCC1)c1ccc(Cl)s1. The Kier molecular flexibility index (Phi) is 5.18. The van der Waals surface area contributed by atoms with Crippen LogP contribution in [0.3, 0.4) is 0 Å². The van der Waals surface area contributed by atoms with E-state index in [0.717, 1.165) is 18.8 Å². The Balaban J connectivity index is 1.66. The summed E-state index contributed by atoms with van der Waals surface area (Å²) in [4.78, 5) is 15.2. The summed E-state index contributed by atoms with van der Waals surface area (Å²) in [6.07, 6.45) is 5.37. The molecule has 1 N–H and O–H groups in total. The van der Waals surface area contributed by atoms with E-state index >= 15 is 0 Å². The van der Waals surface area contributed by atoms with Gasteiger partial charge in [-0.1, -0.05) is 18.0 Å². The van der Waals surface area contributed by atoms with Crippen LogP contribution in [-0.2, 0) is 0 Å². The van der Waals surface area contributed by atoms with Crippen LogP contribution in [0.25, 0.3) is 0 Å². The van der Waals surface area contributed by atoms with Gasteiger partial charge in [0, 0.05) is 6.54 Å². The van der Waals surface area contributed by atoms with Crippen LogP contribution in [0.4, 0.5) is 0 Å². The summed E-state index contributed by atoms with van der Waals surface area (Å²) in [5.74, 6) is 0.830. The standard InChI is InChI=1S/C16H19ClN2O2S/c17-15-7-6-14(22-15)16(20)18-11-12(13-5-4-10-21-13)19-8-2-1-3-9-19/h4-7,10,12H,1-3,8-9,11H2,(H,18,20)/t12-/m1/s1. The zero-order valence-electron chi connectivity index (χ0n) is 12.3. The summed E-state index contributed by atoms with van der Waals surface area (Å²) < 4.78 is 6.21. The second-order valence-corrected chi connectivity index (χ2v) is 7.16. The molecule has 1 atom stereocenters. The van der Waals surface area contributed by atoms with Gasteiger partial charge < -0.3 is 9.73 Å². The monoisotopic (exact) mass is 338 g/mol. The van der Waals surface area contributed by atoms with Crippen molar-refractivity contribution in [3.05, 3.63) is 45.5 Å². The number of halogens is 1. The molecule has 1 fully saturated rings. The number of hydrogen-bond donors (Lipinski definition) is 1. The molecule has 0 radical (unpaired) electrons. The van der Waals surface area contributed by atoms with Crippen LogP contribution in [0.2, 0.25) is 4.34 Å². The summed E-state index contributed by atoms with van der Waals surface area (Å²) >= 11 is 7.18. The molecule has 118 valence electrons. The number of hydrogen-bond acceptors (Lipinski definition) is 4. The molecular formula is C16H19ClN2O2S. The smallest absolute Gasteiger partial charge is 0.261 e. The Morgan fingerprint density at radius 1 is 1.32 bits per heavy atom. The van der Waals surface area contributed by atoms with E-state index in [9.17, 15) is 4.79 Å². The van der Waals surface area contributed by atoms with Gasteiger partial charge in [0.05, 0.1) is 21.5 Å². The number of amides is 1. The number of piperidine rings is 1. The maximum absolute atomic E-state index is 12.2. The number of rotatable bonds is 5. The summed E-state index contributed by atoms with van der Waals surface area (Å²) in [5, 5.41) is 3.01. The zero-order chi connectivity index (χ0) is 15.4. The largest absolute Gasteiger partial charge is 0.468 e. The normalized spacial score (nSPS) is 17.3. The molecule has 3 heterocycles. The molecule has 0 unspecified atom stereocenters. The van der Waals surface area contributed by atoms with E-state index in [1.165, 1.54) is 30.6 Å². The Hall–Kier alpha value is -1.30. The van der Waals surface area contributed by atoms with Crippen LogP contribution in [0, 0.1) is 0 Å². The zero-order valence-corrected chi connectivity index (χ0v) is 13.8. The molecule has 2 aromatic heterocycles. The quantitative estimate of drug-likeness (QED) is 0.897. The third-order valence-electron chi connectivity index (χ3n) is 3.96. The first-order chi connectivity index (χ1) is 10.7. The molecule has 1 aliphatic rings. The van der Waals surface area contributed by atoms with Gasteiger partial charge in [0.15, 0.2) is 0 Å². The number of carbonyl (C=O) groups excluding carboxylic acids is 1. The third-order valence-corrected chi connectivity index (χ3v) is 5.19. The van der Waals surface area contributed by atoms with E-state index in [4.69, 9.17) is 16.0 Å². The lowest BCUT2D eigenvalue weighted by molar-refractivity contribution is 0.0918. The minimum absolute atomic E-state index is 0.0783. The molecule has 3 rings (SSSR count). The first-order valence-electron chi connectivity index (χ1n) is 7.55. The molecule has 1 amide bonds. The van der Waals surface area contributed by atoms with Crippen molar-refractivity contribution < 1.29 is 9.21 Å². The summed E-state index contributed by atoms with van der Waals surface area (Å²) in [7, 11) is 0. The number of nitrogens with zero attached hydrogens (tertiary/aromatic N) is 1. The van der Waals surface area contributed by atoms with E-state index in [2.05, 4.69) is 10.2 Å². The maximum Gasteiger partial charge on any atom is 0.261 e. The second kappa shape index (κ2) is 7.31. The van der Waals surface area contributed by atoms with Gasteiger partial charge in [0.25, 0.3) is 5.91 Å². The lowest BCUT2D eigenvalue weighted by Gasteiger charge is -2.33. The average Bonchev–Trinajstić information content (AvgIpc) is 3.20. The van der Waals surface area contributed by atoms with Crippen LogP contribution >= 0.6 is 22.9 Å². The summed E-state index contributed by atoms with van der Waals surface area (Å²) in [5.41, 5.74) is 0. The maximum atomic E-state index is 12.2. The predicted molar refractivity (Wildman–Crippen MR) is 88.5 cm³/mol. The van der Waals surface area contributed by atoms with Gasteiger partial charge in [0.2, 0.25) is 0 Å². The van der Waals surface area contributed by atoms with Crippen LogP contribution in [-0.4, -0.2) is 30.4 Å². The van der Waals surface area contributed by atoms with E-state index in [1.54, 1.807) is 18.4 Å². The van der Waals surface area contributed by atoms with Crippen LogP contribution < -0.4 is 5.32 Å². The Bertz CT molecular complexity index is 605. The molecule has 22 heavy (non-hydrogen) atoms. The molecule has 0 bridgehead atoms. The van der Waals surface area contributed by atoms with Crippen molar-refractivity contribution >= 4 is 28.8 Å². The molecule has 4 nitrogen and oxygen atoms in total.